The first-order valence-electron chi connectivity index (χ1n) is 8.04. The van der Waals surface area contributed by atoms with E-state index in [0.717, 1.165) is 31.6 Å². The molecule has 1 amide bonds. The molecule has 2 aliphatic carbocycles. The Hall–Kier alpha value is -1.06. The van der Waals surface area contributed by atoms with Gasteiger partial charge < -0.3 is 10.0 Å². The summed E-state index contributed by atoms with van der Waals surface area (Å²) >= 11 is 0. The summed E-state index contributed by atoms with van der Waals surface area (Å²) in [5.74, 6) is -0.676. The molecule has 1 N–H and O–H groups in total. The van der Waals surface area contributed by atoms with Gasteiger partial charge in [-0.05, 0) is 44.4 Å². The first-order chi connectivity index (χ1) is 9.54. The Morgan fingerprint density at radius 2 is 1.65 bits per heavy atom. The van der Waals surface area contributed by atoms with Crippen LogP contribution in [0.3, 0.4) is 0 Å². The van der Waals surface area contributed by atoms with Crippen LogP contribution in [0.25, 0.3) is 0 Å². The monoisotopic (exact) mass is 281 g/mol. The molecule has 0 aromatic heterocycles. The molecule has 2 fully saturated rings. The Morgan fingerprint density at radius 1 is 1.05 bits per heavy atom. The Morgan fingerprint density at radius 3 is 2.20 bits per heavy atom. The highest BCUT2D eigenvalue weighted by atomic mass is 16.4. The number of hydrogen-bond donors (Lipinski definition) is 1. The van der Waals surface area contributed by atoms with Crippen molar-refractivity contribution in [2.45, 2.75) is 64.3 Å². The van der Waals surface area contributed by atoms with Crippen molar-refractivity contribution in [2.24, 2.45) is 17.8 Å². The number of nitrogens with zero attached hydrogens (tertiary/aromatic N) is 1. The molecule has 4 heteroatoms. The Labute approximate surface area is 121 Å². The van der Waals surface area contributed by atoms with Crippen molar-refractivity contribution in [2.75, 3.05) is 7.05 Å². The molecular formula is C16H27NO3. The summed E-state index contributed by atoms with van der Waals surface area (Å²) in [7, 11) is 1.87. The van der Waals surface area contributed by atoms with Crippen LogP contribution in [0.2, 0.25) is 0 Å². The third-order valence-corrected chi connectivity index (χ3v) is 5.44. The zero-order chi connectivity index (χ0) is 14.7. The second-order valence-corrected chi connectivity index (χ2v) is 6.51. The van der Waals surface area contributed by atoms with E-state index in [0.29, 0.717) is 12.5 Å². The highest BCUT2D eigenvalue weighted by Gasteiger charge is 2.40. The molecular weight excluding hydrogens is 254 g/mol. The number of carbonyl (C=O) groups excluding carboxylic acids is 1. The number of amides is 1. The van der Waals surface area contributed by atoms with Gasteiger partial charge in [0, 0.05) is 13.1 Å². The molecule has 0 spiro atoms. The fourth-order valence-corrected chi connectivity index (χ4v) is 3.93. The van der Waals surface area contributed by atoms with Crippen LogP contribution in [0.15, 0.2) is 0 Å². The van der Waals surface area contributed by atoms with Gasteiger partial charge in [0.05, 0.1) is 11.8 Å². The van der Waals surface area contributed by atoms with E-state index in [4.69, 9.17) is 0 Å². The highest BCUT2D eigenvalue weighted by molar-refractivity contribution is 5.85. The van der Waals surface area contributed by atoms with Gasteiger partial charge in [-0.2, -0.15) is 0 Å². The Bertz CT molecular complexity index is 361. The van der Waals surface area contributed by atoms with Gasteiger partial charge >= 0.3 is 5.97 Å². The molecule has 0 aromatic rings. The van der Waals surface area contributed by atoms with E-state index in [2.05, 4.69) is 6.92 Å². The highest BCUT2D eigenvalue weighted by Crippen LogP contribution is 2.35. The van der Waals surface area contributed by atoms with Gasteiger partial charge in [0.1, 0.15) is 0 Å². The van der Waals surface area contributed by atoms with Gasteiger partial charge in [-0.25, -0.2) is 0 Å². The number of carboxylic acids is 1. The van der Waals surface area contributed by atoms with Gasteiger partial charge in [-0.3, -0.25) is 9.59 Å². The average Bonchev–Trinajstić information content (AvgIpc) is 2.95. The quantitative estimate of drug-likeness (QED) is 0.862. The molecule has 2 rings (SSSR count). The van der Waals surface area contributed by atoms with Crippen LogP contribution in [0, 0.1) is 17.8 Å². The summed E-state index contributed by atoms with van der Waals surface area (Å²) in [6, 6.07) is 0.320. The topological polar surface area (TPSA) is 57.6 Å². The van der Waals surface area contributed by atoms with Crippen LogP contribution >= 0.6 is 0 Å². The lowest BCUT2D eigenvalue weighted by Crippen LogP contribution is -2.44. The SMILES string of the molecule is CCC1CCC(N(C)C(=O)C2CCCC2C(=O)O)CC1. The van der Waals surface area contributed by atoms with Crippen molar-refractivity contribution in [3.05, 3.63) is 0 Å². The van der Waals surface area contributed by atoms with Gasteiger partial charge in [0.2, 0.25) is 5.91 Å². The van der Waals surface area contributed by atoms with Crippen LogP contribution < -0.4 is 0 Å². The van der Waals surface area contributed by atoms with Gasteiger partial charge in [0.25, 0.3) is 0 Å². The Balaban J connectivity index is 1.93. The predicted octanol–water partition coefficient (Wildman–Crippen LogP) is 2.91. The van der Waals surface area contributed by atoms with Crippen molar-refractivity contribution >= 4 is 11.9 Å². The van der Waals surface area contributed by atoms with Crippen LogP contribution in [-0.4, -0.2) is 35.0 Å². The Kier molecular flexibility index (Phi) is 5.06. The first kappa shape index (κ1) is 15.3. The molecule has 2 saturated carbocycles. The molecule has 2 unspecified atom stereocenters. The number of carboxylic acid groups (broad SMARTS) is 1. The van der Waals surface area contributed by atoms with Gasteiger partial charge in [0.15, 0.2) is 0 Å². The molecule has 0 aromatic carbocycles. The lowest BCUT2D eigenvalue weighted by atomic mass is 9.83. The zero-order valence-electron chi connectivity index (χ0n) is 12.7. The molecule has 0 heterocycles. The summed E-state index contributed by atoms with van der Waals surface area (Å²) < 4.78 is 0. The van der Waals surface area contributed by atoms with E-state index in [1.807, 2.05) is 11.9 Å². The number of rotatable bonds is 4. The minimum Gasteiger partial charge on any atom is -0.481 e. The van der Waals surface area contributed by atoms with E-state index in [1.165, 1.54) is 19.3 Å². The molecule has 2 aliphatic rings. The molecule has 0 radical (unpaired) electrons. The normalized spacial score (nSPS) is 33.9. The van der Waals surface area contributed by atoms with E-state index >= 15 is 0 Å². The molecule has 4 nitrogen and oxygen atoms in total. The minimum absolute atomic E-state index is 0.0647. The van der Waals surface area contributed by atoms with Crippen LogP contribution in [0.4, 0.5) is 0 Å². The third-order valence-electron chi connectivity index (χ3n) is 5.44. The maximum Gasteiger partial charge on any atom is 0.307 e. The van der Waals surface area contributed by atoms with E-state index in [-0.39, 0.29) is 11.8 Å². The summed E-state index contributed by atoms with van der Waals surface area (Å²) in [5, 5.41) is 9.22. The van der Waals surface area contributed by atoms with Crippen LogP contribution in [0.5, 0.6) is 0 Å². The van der Waals surface area contributed by atoms with Crippen molar-refractivity contribution in [3.63, 3.8) is 0 Å². The van der Waals surface area contributed by atoms with Gasteiger partial charge in [-0.15, -0.1) is 0 Å². The summed E-state index contributed by atoms with van der Waals surface area (Å²) in [5.41, 5.74) is 0. The maximum absolute atomic E-state index is 12.6. The largest absolute Gasteiger partial charge is 0.481 e. The first-order valence-corrected chi connectivity index (χ1v) is 8.04. The van der Waals surface area contributed by atoms with Crippen molar-refractivity contribution in [1.29, 1.82) is 0 Å². The number of hydrogen-bond acceptors (Lipinski definition) is 2. The van der Waals surface area contributed by atoms with Crippen molar-refractivity contribution in [1.82, 2.24) is 4.90 Å². The fraction of sp³-hybridized carbons (Fsp3) is 0.875. The van der Waals surface area contributed by atoms with Crippen molar-refractivity contribution in [3.8, 4) is 0 Å². The number of aliphatic carboxylic acids is 1. The molecule has 20 heavy (non-hydrogen) atoms. The van der Waals surface area contributed by atoms with Crippen molar-refractivity contribution < 1.29 is 14.7 Å². The van der Waals surface area contributed by atoms with Gasteiger partial charge in [-0.1, -0.05) is 19.8 Å². The lowest BCUT2D eigenvalue weighted by Gasteiger charge is -2.36. The summed E-state index contributed by atoms with van der Waals surface area (Å²) in [6.45, 7) is 2.23. The van der Waals surface area contributed by atoms with Crippen LogP contribution in [0.1, 0.15) is 58.3 Å². The molecule has 0 aliphatic heterocycles. The zero-order valence-corrected chi connectivity index (χ0v) is 12.7. The lowest BCUT2D eigenvalue weighted by molar-refractivity contribution is -0.149. The molecule has 2 atom stereocenters. The summed E-state index contributed by atoms with van der Waals surface area (Å²) in [6.07, 6.45) is 8.04. The van der Waals surface area contributed by atoms with E-state index in [1.54, 1.807) is 0 Å². The van der Waals surface area contributed by atoms with E-state index < -0.39 is 11.9 Å². The minimum atomic E-state index is -0.802. The van der Waals surface area contributed by atoms with E-state index in [9.17, 15) is 14.7 Å². The fourth-order valence-electron chi connectivity index (χ4n) is 3.93. The average molecular weight is 281 g/mol. The smallest absolute Gasteiger partial charge is 0.307 e. The number of carbonyl (C=O) groups is 2. The third kappa shape index (κ3) is 3.15. The second-order valence-electron chi connectivity index (χ2n) is 6.51. The maximum atomic E-state index is 12.6. The standard InChI is InChI=1S/C16H27NO3/c1-3-11-7-9-12(10-8-11)17(2)15(18)13-5-4-6-14(13)16(19)20/h11-14H,3-10H2,1-2H3,(H,19,20). The molecule has 114 valence electrons. The molecule has 0 bridgehead atoms. The van der Waals surface area contributed by atoms with Crippen LogP contribution in [-0.2, 0) is 9.59 Å². The predicted molar refractivity (Wildman–Crippen MR) is 77.3 cm³/mol. The second kappa shape index (κ2) is 6.59. The summed E-state index contributed by atoms with van der Waals surface area (Å²) in [4.78, 5) is 25.7. The molecule has 0 saturated heterocycles.